The maximum absolute atomic E-state index is 13.2. The number of urea groups is 1. The predicted octanol–water partition coefficient (Wildman–Crippen LogP) is 3.26. The smallest absolute Gasteiger partial charge is 0.410 e. The molecule has 0 saturated carbocycles. The summed E-state index contributed by atoms with van der Waals surface area (Å²) in [5, 5.41) is 15.5. The van der Waals surface area contributed by atoms with Gasteiger partial charge in [0.1, 0.15) is 30.0 Å². The largest absolute Gasteiger partial charge is 0.448 e. The lowest BCUT2D eigenvalue weighted by Gasteiger charge is -2.29. The van der Waals surface area contributed by atoms with E-state index >= 15 is 0 Å². The topological polar surface area (TPSA) is 141 Å². The van der Waals surface area contributed by atoms with Gasteiger partial charge in [0.05, 0.1) is 24.3 Å². The molecule has 0 radical (unpaired) electrons. The first-order valence-corrected chi connectivity index (χ1v) is 13.0. The number of nitrogens with one attached hydrogen (secondary N) is 2. The van der Waals surface area contributed by atoms with Crippen molar-refractivity contribution >= 4 is 47.5 Å². The lowest BCUT2D eigenvalue weighted by Crippen LogP contribution is -2.40. The second-order valence-electron chi connectivity index (χ2n) is 8.58. The summed E-state index contributed by atoms with van der Waals surface area (Å²) in [6, 6.07) is 5.28. The molecule has 0 aromatic carbocycles. The van der Waals surface area contributed by atoms with Gasteiger partial charge in [0.25, 0.3) is 0 Å². The van der Waals surface area contributed by atoms with Crippen molar-refractivity contribution in [1.82, 2.24) is 14.9 Å². The number of rotatable bonds is 8. The summed E-state index contributed by atoms with van der Waals surface area (Å²) < 4.78 is 4.97. The lowest BCUT2D eigenvalue weighted by molar-refractivity contribution is 0.111. The van der Waals surface area contributed by atoms with Crippen molar-refractivity contribution < 1.29 is 19.1 Å². The second-order valence-corrected chi connectivity index (χ2v) is 9.49. The standard InChI is InChI=1S/C24H27N7O4S/c1-15(14-36-2)27-19-9-21(26-11-18(19)10-25)29-23(33)31-5-3-4-16-8-17(20(13-32)28-22(16)31)12-30-6-7-35-24(30)34/h8-9,11,13,15H,3-7,12,14H2,1-2H3,(H2,26,27,29,33)/t15-/m1/s1. The van der Waals surface area contributed by atoms with Crippen LogP contribution in [0.2, 0.25) is 0 Å². The highest BCUT2D eigenvalue weighted by Crippen LogP contribution is 2.29. The van der Waals surface area contributed by atoms with Gasteiger partial charge in [-0.25, -0.2) is 19.6 Å². The molecule has 2 aromatic rings. The normalized spacial score (nSPS) is 15.5. The number of nitriles is 1. The van der Waals surface area contributed by atoms with E-state index in [4.69, 9.17) is 4.74 Å². The Labute approximate surface area is 213 Å². The van der Waals surface area contributed by atoms with Gasteiger partial charge in [-0.15, -0.1) is 0 Å². The Hall–Kier alpha value is -3.85. The zero-order chi connectivity index (χ0) is 25.7. The highest BCUT2D eigenvalue weighted by Gasteiger charge is 2.28. The number of nitrogens with zero attached hydrogens (tertiary/aromatic N) is 5. The van der Waals surface area contributed by atoms with Crippen LogP contribution in [-0.4, -0.2) is 71.0 Å². The van der Waals surface area contributed by atoms with E-state index in [0.29, 0.717) is 67.3 Å². The van der Waals surface area contributed by atoms with Crippen LogP contribution >= 0.6 is 11.8 Å². The number of cyclic esters (lactones) is 1. The number of pyridine rings is 2. The molecule has 4 heterocycles. The first-order chi connectivity index (χ1) is 17.4. The minimum absolute atomic E-state index is 0.120. The van der Waals surface area contributed by atoms with E-state index in [1.54, 1.807) is 17.8 Å². The van der Waals surface area contributed by atoms with Crippen LogP contribution in [0.25, 0.3) is 0 Å². The monoisotopic (exact) mass is 509 g/mol. The SMILES string of the molecule is CSC[C@@H](C)Nc1cc(NC(=O)N2CCCc3cc(CN4CCOC4=O)c(C=O)nc32)ncc1C#N. The van der Waals surface area contributed by atoms with Crippen molar-refractivity contribution in [2.75, 3.05) is 47.2 Å². The summed E-state index contributed by atoms with van der Waals surface area (Å²) in [5.41, 5.74) is 2.60. The number of fused-ring (bicyclic) bond motifs is 1. The molecule has 2 aliphatic rings. The van der Waals surface area contributed by atoms with E-state index in [1.807, 2.05) is 19.2 Å². The molecular formula is C24H27N7O4S. The van der Waals surface area contributed by atoms with Gasteiger partial charge in [0, 0.05) is 36.2 Å². The summed E-state index contributed by atoms with van der Waals surface area (Å²) >= 11 is 1.69. The maximum Gasteiger partial charge on any atom is 0.410 e. The molecule has 11 nitrogen and oxygen atoms in total. The minimum atomic E-state index is -0.434. The van der Waals surface area contributed by atoms with E-state index in [2.05, 4.69) is 26.7 Å². The number of anilines is 3. The molecule has 3 amide bonds. The predicted molar refractivity (Wildman–Crippen MR) is 136 cm³/mol. The van der Waals surface area contributed by atoms with Gasteiger partial charge in [-0.05, 0) is 37.7 Å². The Morgan fingerprint density at radius 1 is 1.39 bits per heavy atom. The molecule has 188 valence electrons. The molecule has 2 aliphatic heterocycles. The summed E-state index contributed by atoms with van der Waals surface area (Å²) in [6.45, 7) is 3.43. The number of aldehydes is 1. The average Bonchev–Trinajstić information content (AvgIpc) is 3.27. The Bertz CT molecular complexity index is 1220. The molecule has 0 unspecified atom stereocenters. The molecule has 12 heteroatoms. The molecule has 1 saturated heterocycles. The zero-order valence-corrected chi connectivity index (χ0v) is 20.9. The zero-order valence-electron chi connectivity index (χ0n) is 20.1. The van der Waals surface area contributed by atoms with Gasteiger partial charge in [-0.3, -0.25) is 15.0 Å². The van der Waals surface area contributed by atoms with Crippen molar-refractivity contribution in [3.05, 3.63) is 40.7 Å². The fourth-order valence-electron chi connectivity index (χ4n) is 4.23. The summed E-state index contributed by atoms with van der Waals surface area (Å²) in [7, 11) is 0. The van der Waals surface area contributed by atoms with Gasteiger partial charge >= 0.3 is 12.1 Å². The summed E-state index contributed by atoms with van der Waals surface area (Å²) in [4.78, 5) is 48.6. The molecule has 0 spiro atoms. The Balaban J connectivity index is 1.55. The van der Waals surface area contributed by atoms with Crippen molar-refractivity contribution in [3.63, 3.8) is 0 Å². The summed E-state index contributed by atoms with van der Waals surface area (Å²) in [6.07, 6.45) is 5.05. The van der Waals surface area contributed by atoms with Gasteiger partial charge < -0.3 is 15.0 Å². The van der Waals surface area contributed by atoms with Crippen LogP contribution in [0.4, 0.5) is 26.9 Å². The number of aromatic nitrogens is 2. The number of carbonyl (C=O) groups excluding carboxylic acids is 3. The van der Waals surface area contributed by atoms with Crippen LogP contribution in [0.1, 0.15) is 40.5 Å². The van der Waals surface area contributed by atoms with Crippen LogP contribution in [0.15, 0.2) is 18.3 Å². The van der Waals surface area contributed by atoms with Crippen molar-refractivity contribution in [2.45, 2.75) is 32.4 Å². The van der Waals surface area contributed by atoms with E-state index in [0.717, 1.165) is 11.3 Å². The quantitative estimate of drug-likeness (QED) is 0.513. The van der Waals surface area contributed by atoms with Crippen LogP contribution in [0, 0.1) is 11.3 Å². The Kier molecular flexibility index (Phi) is 7.90. The van der Waals surface area contributed by atoms with E-state index in [9.17, 15) is 19.6 Å². The first kappa shape index (κ1) is 25.2. The Morgan fingerprint density at radius 2 is 2.22 bits per heavy atom. The molecule has 4 rings (SSSR count). The second kappa shape index (κ2) is 11.3. The molecule has 1 atom stereocenters. The number of aryl methyl sites for hydroxylation is 1. The van der Waals surface area contributed by atoms with E-state index in [-0.39, 0.29) is 18.3 Å². The van der Waals surface area contributed by atoms with Gasteiger partial charge in [0.2, 0.25) is 0 Å². The van der Waals surface area contributed by atoms with Gasteiger partial charge in [-0.2, -0.15) is 17.0 Å². The van der Waals surface area contributed by atoms with Crippen LogP contribution in [0.3, 0.4) is 0 Å². The fraction of sp³-hybridized carbons (Fsp3) is 0.417. The molecular weight excluding hydrogens is 482 g/mol. The van der Waals surface area contributed by atoms with E-state index < -0.39 is 12.1 Å². The number of hydrogen-bond donors (Lipinski definition) is 2. The third kappa shape index (κ3) is 5.52. The molecule has 0 bridgehead atoms. The molecule has 0 aliphatic carbocycles. The van der Waals surface area contributed by atoms with Crippen LogP contribution in [0.5, 0.6) is 0 Å². The number of hydrogen-bond acceptors (Lipinski definition) is 9. The third-order valence-electron chi connectivity index (χ3n) is 5.92. The number of amides is 3. The van der Waals surface area contributed by atoms with Gasteiger partial charge in [-0.1, -0.05) is 0 Å². The average molecular weight is 510 g/mol. The highest BCUT2D eigenvalue weighted by molar-refractivity contribution is 7.98. The summed E-state index contributed by atoms with van der Waals surface area (Å²) in [5.74, 6) is 1.56. The highest BCUT2D eigenvalue weighted by atomic mass is 32.2. The van der Waals surface area contributed by atoms with Gasteiger partial charge in [0.15, 0.2) is 6.29 Å². The molecule has 36 heavy (non-hydrogen) atoms. The van der Waals surface area contributed by atoms with E-state index in [1.165, 1.54) is 16.0 Å². The van der Waals surface area contributed by atoms with Crippen molar-refractivity contribution in [2.24, 2.45) is 0 Å². The minimum Gasteiger partial charge on any atom is -0.448 e. The third-order valence-corrected chi connectivity index (χ3v) is 6.75. The maximum atomic E-state index is 13.2. The number of thioether (sulfide) groups is 1. The molecule has 2 N–H and O–H groups in total. The fourth-order valence-corrected chi connectivity index (χ4v) is 4.81. The first-order valence-electron chi connectivity index (χ1n) is 11.6. The molecule has 1 fully saturated rings. The Morgan fingerprint density at radius 3 is 2.92 bits per heavy atom. The number of carbonyl (C=O) groups is 3. The van der Waals surface area contributed by atoms with Crippen molar-refractivity contribution in [3.8, 4) is 6.07 Å². The van der Waals surface area contributed by atoms with Crippen LogP contribution in [-0.2, 0) is 17.7 Å². The van der Waals surface area contributed by atoms with Crippen LogP contribution < -0.4 is 15.5 Å². The lowest BCUT2D eigenvalue weighted by atomic mass is 10.0. The number of ether oxygens (including phenoxy) is 1. The van der Waals surface area contributed by atoms with Crippen molar-refractivity contribution in [1.29, 1.82) is 5.26 Å². The molecule has 2 aromatic heterocycles.